The second kappa shape index (κ2) is 6.85. The number of ether oxygens (including phenoxy) is 1. The predicted octanol–water partition coefficient (Wildman–Crippen LogP) is 2.41. The fourth-order valence-corrected chi connectivity index (χ4v) is 1.83. The van der Waals surface area contributed by atoms with Crippen molar-refractivity contribution in [1.82, 2.24) is 5.48 Å². The van der Waals surface area contributed by atoms with Crippen molar-refractivity contribution < 1.29 is 14.4 Å². The topological polar surface area (TPSA) is 47.6 Å². The lowest BCUT2D eigenvalue weighted by Gasteiger charge is -2.07. The zero-order valence-corrected chi connectivity index (χ0v) is 11.0. The smallest absolute Gasteiger partial charge is 0.275 e. The van der Waals surface area contributed by atoms with Crippen LogP contribution in [0.3, 0.4) is 0 Å². The molecule has 1 N–H and O–H groups in total. The quantitative estimate of drug-likeness (QED) is 0.671. The van der Waals surface area contributed by atoms with Crippen LogP contribution < -0.4 is 5.48 Å². The summed E-state index contributed by atoms with van der Waals surface area (Å²) in [4.78, 5) is 16.5. The number of hydroxylamine groups is 1. The summed E-state index contributed by atoms with van der Waals surface area (Å²) >= 11 is 9.00. The van der Waals surface area contributed by atoms with Gasteiger partial charge in [-0.2, -0.15) is 0 Å². The second-order valence-corrected chi connectivity index (χ2v) is 4.19. The van der Waals surface area contributed by atoms with Gasteiger partial charge in [0.15, 0.2) is 0 Å². The number of halogens is 2. The molecule has 1 rings (SSSR count). The standard InChI is InChI=1S/C10H11BrClNO3/c1-15-4-5-16-13-10(14)8-3-2-7(12)6-9(8)11/h2-3,6H,4-5H2,1H3,(H,13,14). The summed E-state index contributed by atoms with van der Waals surface area (Å²) in [7, 11) is 1.56. The lowest BCUT2D eigenvalue weighted by Crippen LogP contribution is -2.25. The van der Waals surface area contributed by atoms with E-state index in [2.05, 4.69) is 21.4 Å². The van der Waals surface area contributed by atoms with Gasteiger partial charge in [-0.15, -0.1) is 0 Å². The molecule has 0 aliphatic rings. The average Bonchev–Trinajstić information content (AvgIpc) is 2.24. The summed E-state index contributed by atoms with van der Waals surface area (Å²) in [5, 5.41) is 0.559. The molecule has 0 aliphatic heterocycles. The molecule has 0 aromatic heterocycles. The SMILES string of the molecule is COCCONC(=O)c1ccc(Cl)cc1Br. The van der Waals surface area contributed by atoms with Gasteiger partial charge < -0.3 is 4.74 Å². The Bertz CT molecular complexity index is 373. The first-order valence-corrected chi connectivity index (χ1v) is 5.68. The predicted molar refractivity (Wildman–Crippen MR) is 64.4 cm³/mol. The molecule has 0 unspecified atom stereocenters. The van der Waals surface area contributed by atoms with E-state index in [0.29, 0.717) is 28.3 Å². The van der Waals surface area contributed by atoms with Crippen molar-refractivity contribution in [3.63, 3.8) is 0 Å². The Morgan fingerprint density at radius 2 is 2.25 bits per heavy atom. The first kappa shape index (κ1) is 13.4. The summed E-state index contributed by atoms with van der Waals surface area (Å²) in [6, 6.07) is 4.89. The molecule has 0 heterocycles. The highest BCUT2D eigenvalue weighted by Gasteiger charge is 2.09. The van der Waals surface area contributed by atoms with Crippen molar-refractivity contribution in [2.24, 2.45) is 0 Å². The number of carbonyl (C=O) groups excluding carboxylic acids is 1. The number of benzene rings is 1. The minimum absolute atomic E-state index is 0.299. The fraction of sp³-hybridized carbons (Fsp3) is 0.300. The normalized spacial score (nSPS) is 10.2. The van der Waals surface area contributed by atoms with E-state index in [9.17, 15) is 4.79 Å². The van der Waals surface area contributed by atoms with Crippen LogP contribution in [0.5, 0.6) is 0 Å². The average molecular weight is 309 g/mol. The lowest BCUT2D eigenvalue weighted by molar-refractivity contribution is 0.00884. The van der Waals surface area contributed by atoms with Gasteiger partial charge in [-0.1, -0.05) is 11.6 Å². The highest BCUT2D eigenvalue weighted by atomic mass is 79.9. The van der Waals surface area contributed by atoms with Gasteiger partial charge in [0.2, 0.25) is 0 Å². The van der Waals surface area contributed by atoms with Gasteiger partial charge in [-0.25, -0.2) is 5.48 Å². The maximum atomic E-state index is 11.6. The maximum Gasteiger partial charge on any atom is 0.275 e. The van der Waals surface area contributed by atoms with E-state index in [1.165, 1.54) is 0 Å². The number of hydrogen-bond donors (Lipinski definition) is 1. The van der Waals surface area contributed by atoms with Gasteiger partial charge in [0.25, 0.3) is 5.91 Å². The molecule has 0 saturated carbocycles. The van der Waals surface area contributed by atoms with E-state index < -0.39 is 0 Å². The minimum atomic E-state index is -0.334. The Morgan fingerprint density at radius 1 is 1.50 bits per heavy atom. The molecule has 4 nitrogen and oxygen atoms in total. The Kier molecular flexibility index (Phi) is 5.76. The molecule has 6 heteroatoms. The summed E-state index contributed by atoms with van der Waals surface area (Å²) in [5.74, 6) is -0.334. The van der Waals surface area contributed by atoms with Gasteiger partial charge >= 0.3 is 0 Å². The Labute approximate surface area is 107 Å². The fourth-order valence-electron chi connectivity index (χ4n) is 0.970. The monoisotopic (exact) mass is 307 g/mol. The van der Waals surface area contributed by atoms with Crippen molar-refractivity contribution in [3.05, 3.63) is 33.3 Å². The van der Waals surface area contributed by atoms with Crippen LogP contribution in [0, 0.1) is 0 Å². The van der Waals surface area contributed by atoms with Crippen LogP contribution >= 0.6 is 27.5 Å². The molecule has 1 aromatic carbocycles. The zero-order chi connectivity index (χ0) is 12.0. The number of methoxy groups -OCH3 is 1. The largest absolute Gasteiger partial charge is 0.382 e. The van der Waals surface area contributed by atoms with Gasteiger partial charge in [0, 0.05) is 16.6 Å². The Balaban J connectivity index is 2.53. The molecule has 0 saturated heterocycles. The molecule has 0 atom stereocenters. The van der Waals surface area contributed by atoms with E-state index in [1.807, 2.05) is 0 Å². The molecular formula is C10H11BrClNO3. The minimum Gasteiger partial charge on any atom is -0.382 e. The van der Waals surface area contributed by atoms with Gasteiger partial charge in [0.05, 0.1) is 18.8 Å². The van der Waals surface area contributed by atoms with Crippen LogP contribution in [-0.2, 0) is 9.57 Å². The van der Waals surface area contributed by atoms with E-state index in [1.54, 1.807) is 25.3 Å². The van der Waals surface area contributed by atoms with Crippen LogP contribution in [0.4, 0.5) is 0 Å². The number of nitrogens with one attached hydrogen (secondary N) is 1. The van der Waals surface area contributed by atoms with E-state index in [4.69, 9.17) is 21.2 Å². The zero-order valence-electron chi connectivity index (χ0n) is 8.63. The number of carbonyl (C=O) groups is 1. The van der Waals surface area contributed by atoms with Crippen molar-refractivity contribution in [2.75, 3.05) is 20.3 Å². The molecule has 1 aromatic rings. The van der Waals surface area contributed by atoms with Crippen molar-refractivity contribution >= 4 is 33.4 Å². The highest BCUT2D eigenvalue weighted by Crippen LogP contribution is 2.21. The lowest BCUT2D eigenvalue weighted by atomic mass is 10.2. The van der Waals surface area contributed by atoms with Crippen LogP contribution in [-0.4, -0.2) is 26.2 Å². The van der Waals surface area contributed by atoms with Gasteiger partial charge in [0.1, 0.15) is 0 Å². The van der Waals surface area contributed by atoms with E-state index in [0.717, 1.165) is 0 Å². The molecule has 0 aliphatic carbocycles. The van der Waals surface area contributed by atoms with Crippen LogP contribution in [0.2, 0.25) is 5.02 Å². The third-order valence-electron chi connectivity index (χ3n) is 1.73. The molecule has 1 amide bonds. The summed E-state index contributed by atoms with van der Waals surface area (Å²) in [6.45, 7) is 0.718. The first-order chi connectivity index (χ1) is 7.65. The molecule has 0 radical (unpaired) electrons. The summed E-state index contributed by atoms with van der Waals surface area (Å²) < 4.78 is 5.38. The molecule has 0 bridgehead atoms. The third kappa shape index (κ3) is 4.09. The summed E-state index contributed by atoms with van der Waals surface area (Å²) in [6.07, 6.45) is 0. The van der Waals surface area contributed by atoms with Crippen molar-refractivity contribution in [2.45, 2.75) is 0 Å². The first-order valence-electron chi connectivity index (χ1n) is 4.51. The van der Waals surface area contributed by atoms with E-state index in [-0.39, 0.29) is 5.91 Å². The van der Waals surface area contributed by atoms with Crippen LogP contribution in [0.15, 0.2) is 22.7 Å². The molecule has 0 spiro atoms. The summed E-state index contributed by atoms with van der Waals surface area (Å²) in [5.41, 5.74) is 2.76. The van der Waals surface area contributed by atoms with Crippen molar-refractivity contribution in [3.8, 4) is 0 Å². The van der Waals surface area contributed by atoms with Crippen LogP contribution in [0.1, 0.15) is 10.4 Å². The third-order valence-corrected chi connectivity index (χ3v) is 2.62. The molecular weight excluding hydrogens is 297 g/mol. The number of amides is 1. The molecule has 16 heavy (non-hydrogen) atoms. The Hall–Kier alpha value is -0.620. The van der Waals surface area contributed by atoms with Crippen LogP contribution in [0.25, 0.3) is 0 Å². The Morgan fingerprint density at radius 3 is 2.88 bits per heavy atom. The molecule has 0 fully saturated rings. The van der Waals surface area contributed by atoms with E-state index >= 15 is 0 Å². The van der Waals surface area contributed by atoms with Gasteiger partial charge in [-0.3, -0.25) is 9.63 Å². The number of hydrogen-bond acceptors (Lipinski definition) is 3. The van der Waals surface area contributed by atoms with Gasteiger partial charge in [-0.05, 0) is 34.1 Å². The second-order valence-electron chi connectivity index (χ2n) is 2.90. The van der Waals surface area contributed by atoms with Crippen molar-refractivity contribution in [1.29, 1.82) is 0 Å². The maximum absolute atomic E-state index is 11.6. The highest BCUT2D eigenvalue weighted by molar-refractivity contribution is 9.10. The molecule has 88 valence electrons. The number of rotatable bonds is 5.